The van der Waals surface area contributed by atoms with Crippen molar-refractivity contribution in [1.29, 1.82) is 0 Å². The van der Waals surface area contributed by atoms with Gasteiger partial charge in [-0.2, -0.15) is 26.3 Å². The maximum absolute atomic E-state index is 11.9. The summed E-state index contributed by atoms with van der Waals surface area (Å²) in [6.45, 7) is -0.870. The smallest absolute Gasteiger partial charge is 0.343 e. The second-order valence-corrected chi connectivity index (χ2v) is 2.49. The van der Waals surface area contributed by atoms with E-state index in [2.05, 4.69) is 9.47 Å². The highest BCUT2D eigenvalue weighted by Crippen LogP contribution is 2.25. The Morgan fingerprint density at radius 2 is 1.40 bits per heavy atom. The standard InChI is InChI=1S/C6H7F7O2/c1-3(5(8,9)10)14-2-15-4(7)6(11,12)13/h3-4H,2H2,1H3. The third kappa shape index (κ3) is 5.78. The van der Waals surface area contributed by atoms with E-state index in [4.69, 9.17) is 0 Å². The van der Waals surface area contributed by atoms with E-state index in [1.165, 1.54) is 0 Å². The van der Waals surface area contributed by atoms with Crippen LogP contribution in [0.25, 0.3) is 0 Å². The molecular formula is C6H7F7O2. The lowest BCUT2D eigenvalue weighted by Gasteiger charge is -2.18. The summed E-state index contributed by atoms with van der Waals surface area (Å²) in [5, 5.41) is 0. The highest BCUT2D eigenvalue weighted by Gasteiger charge is 2.42. The molecule has 0 rings (SSSR count). The number of hydrogen-bond donors (Lipinski definition) is 0. The second kappa shape index (κ2) is 4.97. The fourth-order valence-electron chi connectivity index (χ4n) is 0.390. The van der Waals surface area contributed by atoms with Crippen molar-refractivity contribution in [1.82, 2.24) is 0 Å². The quantitative estimate of drug-likeness (QED) is 0.559. The zero-order valence-corrected chi connectivity index (χ0v) is 7.32. The van der Waals surface area contributed by atoms with Crippen molar-refractivity contribution in [2.75, 3.05) is 6.79 Å². The third-order valence-corrected chi connectivity index (χ3v) is 1.25. The minimum Gasteiger partial charge on any atom is -0.343 e. The van der Waals surface area contributed by atoms with E-state index in [1.807, 2.05) is 0 Å². The van der Waals surface area contributed by atoms with E-state index in [1.54, 1.807) is 0 Å². The Morgan fingerprint density at radius 1 is 0.933 bits per heavy atom. The Balaban J connectivity index is 3.81. The molecule has 15 heavy (non-hydrogen) atoms. The molecule has 0 heterocycles. The first-order valence-corrected chi connectivity index (χ1v) is 3.56. The molecule has 0 aromatic heterocycles. The molecule has 0 aliphatic rings. The number of alkyl halides is 7. The van der Waals surface area contributed by atoms with Crippen molar-refractivity contribution in [3.05, 3.63) is 0 Å². The van der Waals surface area contributed by atoms with Crippen LogP contribution in [0.5, 0.6) is 0 Å². The van der Waals surface area contributed by atoms with Gasteiger partial charge in [0.2, 0.25) is 0 Å². The minimum atomic E-state index is -5.27. The van der Waals surface area contributed by atoms with Crippen molar-refractivity contribution in [2.45, 2.75) is 31.7 Å². The number of ether oxygens (including phenoxy) is 2. The Hall–Kier alpha value is -0.570. The average molecular weight is 244 g/mol. The lowest BCUT2D eigenvalue weighted by atomic mass is 10.4. The van der Waals surface area contributed by atoms with Gasteiger partial charge in [-0.15, -0.1) is 0 Å². The largest absolute Gasteiger partial charge is 0.445 e. The lowest BCUT2D eigenvalue weighted by Crippen LogP contribution is -2.32. The lowest BCUT2D eigenvalue weighted by molar-refractivity contribution is -0.303. The first-order chi connectivity index (χ1) is 6.55. The van der Waals surface area contributed by atoms with Crippen LogP contribution in [0.1, 0.15) is 6.92 Å². The van der Waals surface area contributed by atoms with Crippen LogP contribution in [0.4, 0.5) is 30.7 Å². The molecule has 0 bridgehead atoms. The van der Waals surface area contributed by atoms with E-state index >= 15 is 0 Å². The summed E-state index contributed by atoms with van der Waals surface area (Å²) in [6, 6.07) is 0. The molecule has 0 saturated carbocycles. The third-order valence-electron chi connectivity index (χ3n) is 1.25. The van der Waals surface area contributed by atoms with E-state index < -0.39 is 31.6 Å². The van der Waals surface area contributed by atoms with Gasteiger partial charge in [-0.25, -0.2) is 4.39 Å². The predicted molar refractivity (Wildman–Crippen MR) is 33.5 cm³/mol. The van der Waals surface area contributed by atoms with Crippen LogP contribution >= 0.6 is 0 Å². The summed E-state index contributed by atoms with van der Waals surface area (Å²) in [5.74, 6) is 0. The average Bonchev–Trinajstić information content (AvgIpc) is 2.00. The molecule has 0 aromatic rings. The van der Waals surface area contributed by atoms with Crippen LogP contribution in [-0.2, 0) is 9.47 Å². The summed E-state index contributed by atoms with van der Waals surface area (Å²) >= 11 is 0. The first-order valence-electron chi connectivity index (χ1n) is 3.56. The Morgan fingerprint density at radius 3 is 1.73 bits per heavy atom. The van der Waals surface area contributed by atoms with E-state index in [-0.39, 0.29) is 0 Å². The Labute approximate surface area is 79.9 Å². The molecule has 0 aliphatic heterocycles. The van der Waals surface area contributed by atoms with Gasteiger partial charge in [0.05, 0.1) is 0 Å². The molecule has 0 aromatic carbocycles. The van der Waals surface area contributed by atoms with Crippen LogP contribution in [0.3, 0.4) is 0 Å². The molecule has 2 atom stereocenters. The van der Waals surface area contributed by atoms with Gasteiger partial charge in [0, 0.05) is 0 Å². The van der Waals surface area contributed by atoms with E-state index in [0.29, 0.717) is 6.92 Å². The van der Waals surface area contributed by atoms with Crippen LogP contribution in [0, 0.1) is 0 Å². The number of halogens is 7. The Bertz CT molecular complexity index is 167. The molecule has 0 radical (unpaired) electrons. The van der Waals surface area contributed by atoms with Gasteiger partial charge >= 0.3 is 12.4 Å². The minimum absolute atomic E-state index is 0.560. The van der Waals surface area contributed by atoms with Gasteiger partial charge < -0.3 is 9.47 Å². The van der Waals surface area contributed by atoms with Gasteiger partial charge in [-0.1, -0.05) is 0 Å². The molecule has 0 amide bonds. The highest BCUT2D eigenvalue weighted by atomic mass is 19.4. The molecule has 0 spiro atoms. The van der Waals surface area contributed by atoms with Crippen molar-refractivity contribution < 1.29 is 40.2 Å². The summed E-state index contributed by atoms with van der Waals surface area (Å²) in [4.78, 5) is 0. The monoisotopic (exact) mass is 244 g/mol. The predicted octanol–water partition coefficient (Wildman–Crippen LogP) is 2.79. The molecule has 92 valence electrons. The number of rotatable bonds is 4. The molecule has 2 nitrogen and oxygen atoms in total. The van der Waals surface area contributed by atoms with Gasteiger partial charge in [0.1, 0.15) is 0 Å². The normalized spacial score (nSPS) is 17.6. The zero-order valence-electron chi connectivity index (χ0n) is 7.32. The highest BCUT2D eigenvalue weighted by molar-refractivity contribution is 4.59. The summed E-state index contributed by atoms with van der Waals surface area (Å²) in [7, 11) is 0. The second-order valence-electron chi connectivity index (χ2n) is 2.49. The van der Waals surface area contributed by atoms with Crippen molar-refractivity contribution >= 4 is 0 Å². The van der Waals surface area contributed by atoms with Crippen molar-refractivity contribution in [2.24, 2.45) is 0 Å². The SMILES string of the molecule is CC(OCOC(F)C(F)(F)F)C(F)(F)F. The molecular weight excluding hydrogens is 237 g/mol. The van der Waals surface area contributed by atoms with Crippen LogP contribution in [-0.4, -0.2) is 31.6 Å². The maximum atomic E-state index is 11.9. The van der Waals surface area contributed by atoms with Gasteiger partial charge in [0.15, 0.2) is 12.9 Å². The van der Waals surface area contributed by atoms with Crippen LogP contribution in [0.15, 0.2) is 0 Å². The van der Waals surface area contributed by atoms with Crippen LogP contribution in [0.2, 0.25) is 0 Å². The van der Waals surface area contributed by atoms with E-state index in [0.717, 1.165) is 0 Å². The van der Waals surface area contributed by atoms with Crippen LogP contribution < -0.4 is 0 Å². The molecule has 0 fully saturated rings. The topological polar surface area (TPSA) is 18.5 Å². The summed E-state index contributed by atoms with van der Waals surface area (Å²) in [6.07, 6.45) is -16.0. The van der Waals surface area contributed by atoms with Crippen molar-refractivity contribution in [3.63, 3.8) is 0 Å². The summed E-state index contributed by atoms with van der Waals surface area (Å²) < 4.78 is 88.5. The molecule has 0 aliphatic carbocycles. The van der Waals surface area contributed by atoms with E-state index in [9.17, 15) is 30.7 Å². The fraction of sp³-hybridized carbons (Fsp3) is 1.00. The molecule has 2 unspecified atom stereocenters. The molecule has 0 N–H and O–H groups in total. The zero-order chi connectivity index (χ0) is 12.3. The summed E-state index contributed by atoms with van der Waals surface area (Å²) in [5.41, 5.74) is 0. The first kappa shape index (κ1) is 14.4. The van der Waals surface area contributed by atoms with Crippen molar-refractivity contribution in [3.8, 4) is 0 Å². The molecule has 9 heteroatoms. The van der Waals surface area contributed by atoms with Gasteiger partial charge in [-0.3, -0.25) is 0 Å². The fourth-order valence-corrected chi connectivity index (χ4v) is 0.390. The maximum Gasteiger partial charge on any atom is 0.445 e. The number of hydrogen-bond acceptors (Lipinski definition) is 2. The van der Waals surface area contributed by atoms with Gasteiger partial charge in [0.25, 0.3) is 6.36 Å². The molecule has 0 saturated heterocycles. The van der Waals surface area contributed by atoms with Gasteiger partial charge in [-0.05, 0) is 6.92 Å². The Kier molecular flexibility index (Phi) is 4.78.